The summed E-state index contributed by atoms with van der Waals surface area (Å²) in [5, 5.41) is 1.75. The van der Waals surface area contributed by atoms with Crippen LogP contribution in [-0.4, -0.2) is 15.8 Å². The fourth-order valence-electron chi connectivity index (χ4n) is 2.36. The molecule has 3 nitrogen and oxygen atoms in total. The number of halogens is 2. The summed E-state index contributed by atoms with van der Waals surface area (Å²) < 4.78 is 1.62. The van der Waals surface area contributed by atoms with Gasteiger partial charge >= 0.3 is 0 Å². The highest BCUT2D eigenvalue weighted by Crippen LogP contribution is 2.24. The molecule has 0 bridgehead atoms. The SMILES string of the molecule is CSc1nc(-c2ccccc2)cc(=O)n1Cc1ccc(Cl)cc1Cl. The van der Waals surface area contributed by atoms with Gasteiger partial charge in [-0.05, 0) is 24.0 Å². The van der Waals surface area contributed by atoms with Crippen LogP contribution in [0.25, 0.3) is 11.3 Å². The van der Waals surface area contributed by atoms with Crippen molar-refractivity contribution in [2.75, 3.05) is 6.26 Å². The van der Waals surface area contributed by atoms with E-state index in [1.54, 1.807) is 22.8 Å². The van der Waals surface area contributed by atoms with E-state index in [-0.39, 0.29) is 5.56 Å². The maximum atomic E-state index is 12.6. The molecule has 0 unspecified atom stereocenters. The Morgan fingerprint density at radius 3 is 2.50 bits per heavy atom. The predicted molar refractivity (Wildman–Crippen MR) is 101 cm³/mol. The van der Waals surface area contributed by atoms with E-state index in [1.165, 1.54) is 11.8 Å². The second-order valence-corrected chi connectivity index (χ2v) is 6.77. The molecule has 0 fully saturated rings. The van der Waals surface area contributed by atoms with E-state index in [1.807, 2.05) is 42.7 Å². The molecule has 0 spiro atoms. The van der Waals surface area contributed by atoms with Crippen molar-refractivity contribution in [1.82, 2.24) is 9.55 Å². The van der Waals surface area contributed by atoms with E-state index < -0.39 is 0 Å². The predicted octanol–water partition coefficient (Wildman–Crippen LogP) is 4.99. The van der Waals surface area contributed by atoms with Crippen molar-refractivity contribution in [1.29, 1.82) is 0 Å². The first-order valence-electron chi connectivity index (χ1n) is 7.23. The third kappa shape index (κ3) is 3.66. The van der Waals surface area contributed by atoms with Gasteiger partial charge in [0.1, 0.15) is 0 Å². The largest absolute Gasteiger partial charge is 0.283 e. The van der Waals surface area contributed by atoms with Crippen molar-refractivity contribution in [3.8, 4) is 11.3 Å². The van der Waals surface area contributed by atoms with Crippen molar-refractivity contribution in [2.45, 2.75) is 11.7 Å². The highest BCUT2D eigenvalue weighted by atomic mass is 35.5. The molecule has 0 atom stereocenters. The first-order valence-corrected chi connectivity index (χ1v) is 9.22. The first-order chi connectivity index (χ1) is 11.6. The Bertz CT molecular complexity index is 926. The van der Waals surface area contributed by atoms with Gasteiger partial charge < -0.3 is 0 Å². The van der Waals surface area contributed by atoms with Crippen molar-refractivity contribution in [3.63, 3.8) is 0 Å². The van der Waals surface area contributed by atoms with Crippen LogP contribution in [0.1, 0.15) is 5.56 Å². The molecule has 0 saturated heterocycles. The van der Waals surface area contributed by atoms with E-state index >= 15 is 0 Å². The average molecular weight is 377 g/mol. The summed E-state index contributed by atoms with van der Waals surface area (Å²) in [4.78, 5) is 17.2. The lowest BCUT2D eigenvalue weighted by Crippen LogP contribution is -2.23. The van der Waals surface area contributed by atoms with Crippen molar-refractivity contribution < 1.29 is 0 Å². The van der Waals surface area contributed by atoms with Gasteiger partial charge in [-0.25, -0.2) is 4.98 Å². The fourth-order valence-corrected chi connectivity index (χ4v) is 3.40. The molecule has 0 amide bonds. The molecule has 2 aromatic carbocycles. The molecule has 0 radical (unpaired) electrons. The van der Waals surface area contributed by atoms with Gasteiger partial charge in [0, 0.05) is 21.7 Å². The summed E-state index contributed by atoms with van der Waals surface area (Å²) in [7, 11) is 0. The van der Waals surface area contributed by atoms with Crippen molar-refractivity contribution in [3.05, 3.63) is 80.6 Å². The highest BCUT2D eigenvalue weighted by molar-refractivity contribution is 7.98. The van der Waals surface area contributed by atoms with Gasteiger partial charge in [-0.1, -0.05) is 71.4 Å². The highest BCUT2D eigenvalue weighted by Gasteiger charge is 2.11. The van der Waals surface area contributed by atoms with Crippen LogP contribution in [0.5, 0.6) is 0 Å². The maximum Gasteiger partial charge on any atom is 0.255 e. The van der Waals surface area contributed by atoms with Crippen LogP contribution in [0.4, 0.5) is 0 Å². The number of thioether (sulfide) groups is 1. The molecule has 1 aromatic heterocycles. The molecular weight excluding hydrogens is 363 g/mol. The first kappa shape index (κ1) is 17.1. The lowest BCUT2D eigenvalue weighted by molar-refractivity contribution is 0.648. The summed E-state index contributed by atoms with van der Waals surface area (Å²) in [5.74, 6) is 0. The summed E-state index contributed by atoms with van der Waals surface area (Å²) in [6, 6.07) is 16.5. The van der Waals surface area contributed by atoms with Crippen LogP contribution in [-0.2, 0) is 6.54 Å². The Kier molecular flexibility index (Phi) is 5.29. The van der Waals surface area contributed by atoms with E-state index in [2.05, 4.69) is 4.98 Å². The zero-order chi connectivity index (χ0) is 17.1. The Hall–Kier alpha value is -1.75. The normalized spacial score (nSPS) is 10.8. The van der Waals surface area contributed by atoms with E-state index in [0.717, 1.165) is 11.1 Å². The molecule has 0 aliphatic rings. The monoisotopic (exact) mass is 376 g/mol. The van der Waals surface area contributed by atoms with Gasteiger partial charge in [-0.2, -0.15) is 0 Å². The third-order valence-electron chi connectivity index (χ3n) is 3.57. The molecule has 0 aliphatic heterocycles. The van der Waals surface area contributed by atoms with Gasteiger partial charge in [0.15, 0.2) is 5.16 Å². The van der Waals surface area contributed by atoms with Crippen LogP contribution in [0.3, 0.4) is 0 Å². The molecule has 3 rings (SSSR count). The van der Waals surface area contributed by atoms with Crippen LogP contribution in [0, 0.1) is 0 Å². The van der Waals surface area contributed by atoms with Crippen LogP contribution in [0.15, 0.2) is 64.5 Å². The smallest absolute Gasteiger partial charge is 0.255 e. The van der Waals surface area contributed by atoms with Crippen LogP contribution in [0.2, 0.25) is 10.0 Å². The number of benzene rings is 2. The lowest BCUT2D eigenvalue weighted by atomic mass is 10.1. The Labute approximate surface area is 154 Å². The number of nitrogens with zero attached hydrogens (tertiary/aromatic N) is 2. The molecule has 0 N–H and O–H groups in total. The molecule has 1 heterocycles. The fraction of sp³-hybridized carbons (Fsp3) is 0.111. The van der Waals surface area contributed by atoms with Crippen molar-refractivity contribution in [2.24, 2.45) is 0 Å². The molecule has 6 heteroatoms. The van der Waals surface area contributed by atoms with E-state index in [9.17, 15) is 4.79 Å². The average Bonchev–Trinajstić information content (AvgIpc) is 2.59. The molecule has 24 heavy (non-hydrogen) atoms. The molecule has 0 aliphatic carbocycles. The Morgan fingerprint density at radius 1 is 1.08 bits per heavy atom. The van der Waals surface area contributed by atoms with E-state index in [4.69, 9.17) is 23.2 Å². The van der Waals surface area contributed by atoms with Gasteiger partial charge in [0.05, 0.1) is 12.2 Å². The number of hydrogen-bond acceptors (Lipinski definition) is 3. The minimum absolute atomic E-state index is 0.112. The maximum absolute atomic E-state index is 12.6. The standard InChI is InChI=1S/C18H14Cl2N2OS/c1-24-18-21-16(12-5-3-2-4-6-12)10-17(23)22(18)11-13-7-8-14(19)9-15(13)20/h2-10H,11H2,1H3. The number of rotatable bonds is 4. The number of aromatic nitrogens is 2. The van der Waals surface area contributed by atoms with Crippen LogP contribution >= 0.6 is 35.0 Å². The molecular formula is C18H14Cl2N2OS. The zero-order valence-electron chi connectivity index (χ0n) is 12.9. The second-order valence-electron chi connectivity index (χ2n) is 5.15. The zero-order valence-corrected chi connectivity index (χ0v) is 15.2. The summed E-state index contributed by atoms with van der Waals surface area (Å²) in [5.41, 5.74) is 2.30. The quantitative estimate of drug-likeness (QED) is 0.475. The lowest BCUT2D eigenvalue weighted by Gasteiger charge is -2.13. The van der Waals surface area contributed by atoms with Gasteiger partial charge in [-0.15, -0.1) is 0 Å². The van der Waals surface area contributed by atoms with Crippen molar-refractivity contribution >= 4 is 35.0 Å². The second kappa shape index (κ2) is 7.43. The van der Waals surface area contributed by atoms with Gasteiger partial charge in [0.2, 0.25) is 0 Å². The van der Waals surface area contributed by atoms with Gasteiger partial charge in [0.25, 0.3) is 5.56 Å². The summed E-state index contributed by atoms with van der Waals surface area (Å²) in [6.45, 7) is 0.354. The molecule has 0 saturated carbocycles. The number of hydrogen-bond donors (Lipinski definition) is 0. The van der Waals surface area contributed by atoms with E-state index in [0.29, 0.717) is 27.4 Å². The minimum Gasteiger partial charge on any atom is -0.283 e. The molecule has 122 valence electrons. The third-order valence-corrected chi connectivity index (χ3v) is 4.83. The Balaban J connectivity index is 2.04. The minimum atomic E-state index is -0.112. The summed E-state index contributed by atoms with van der Waals surface area (Å²) in [6.07, 6.45) is 1.90. The topological polar surface area (TPSA) is 34.9 Å². The Morgan fingerprint density at radius 2 is 1.83 bits per heavy atom. The summed E-state index contributed by atoms with van der Waals surface area (Å²) >= 11 is 13.6. The van der Waals surface area contributed by atoms with Gasteiger partial charge in [-0.3, -0.25) is 9.36 Å². The molecule has 3 aromatic rings. The van der Waals surface area contributed by atoms with Crippen LogP contribution < -0.4 is 5.56 Å².